The average Bonchev–Trinajstić information content (AvgIpc) is 2.02. The first-order chi connectivity index (χ1) is 6.32. The van der Waals surface area contributed by atoms with Gasteiger partial charge >= 0.3 is 0 Å². The lowest BCUT2D eigenvalue weighted by atomic mass is 10.3. The van der Waals surface area contributed by atoms with E-state index < -0.39 is 10.1 Å². The summed E-state index contributed by atoms with van der Waals surface area (Å²) in [6.45, 7) is 0. The maximum absolute atomic E-state index is 10.9. The number of hydrogen-bond donors (Lipinski definition) is 1. The van der Waals surface area contributed by atoms with Crippen LogP contribution in [0.5, 0.6) is 0 Å². The molecule has 0 bridgehead atoms. The van der Waals surface area contributed by atoms with Crippen molar-refractivity contribution in [2.24, 2.45) is 0 Å². The van der Waals surface area contributed by atoms with Gasteiger partial charge in [0.05, 0.1) is 0 Å². The van der Waals surface area contributed by atoms with Crippen molar-refractivity contribution in [1.29, 1.82) is 0 Å². The van der Waals surface area contributed by atoms with Gasteiger partial charge in [-0.15, -0.1) is 0 Å². The van der Waals surface area contributed by atoms with Crippen LogP contribution >= 0.6 is 15.9 Å². The molecule has 0 aliphatic heterocycles. The Bertz CT molecular complexity index is 442. The minimum Gasteiger partial charge on any atom is -0.378 e. The van der Waals surface area contributed by atoms with Gasteiger partial charge in [0.25, 0.3) is 10.1 Å². The summed E-state index contributed by atoms with van der Waals surface area (Å²) in [5.41, 5.74) is 0.709. The summed E-state index contributed by atoms with van der Waals surface area (Å²) in [6.07, 6.45) is 0. The van der Waals surface area contributed by atoms with Crippen LogP contribution in [-0.4, -0.2) is 27.1 Å². The maximum Gasteiger partial charge on any atom is 0.295 e. The lowest BCUT2D eigenvalue weighted by Crippen LogP contribution is -2.10. The first kappa shape index (κ1) is 11.5. The molecule has 0 amide bonds. The van der Waals surface area contributed by atoms with Gasteiger partial charge in [0.15, 0.2) is 0 Å². The summed E-state index contributed by atoms with van der Waals surface area (Å²) < 4.78 is 31.1. The van der Waals surface area contributed by atoms with Crippen molar-refractivity contribution in [2.75, 3.05) is 19.0 Å². The Balaban J connectivity index is 3.37. The molecule has 0 aliphatic carbocycles. The number of hydrogen-bond acceptors (Lipinski definition) is 3. The van der Waals surface area contributed by atoms with Crippen LogP contribution in [0.4, 0.5) is 5.69 Å². The number of anilines is 1. The third kappa shape index (κ3) is 2.46. The number of benzene rings is 1. The van der Waals surface area contributed by atoms with Gasteiger partial charge in [-0.2, -0.15) is 8.42 Å². The molecule has 0 saturated heterocycles. The van der Waals surface area contributed by atoms with Crippen LogP contribution < -0.4 is 4.90 Å². The van der Waals surface area contributed by atoms with Gasteiger partial charge in [0.2, 0.25) is 0 Å². The van der Waals surface area contributed by atoms with E-state index in [0.717, 1.165) is 0 Å². The third-order valence-electron chi connectivity index (χ3n) is 1.71. The maximum atomic E-state index is 10.9. The lowest BCUT2D eigenvalue weighted by molar-refractivity contribution is 0.482. The SMILES string of the molecule is CN(C)c1ccc(Br)c(S(=O)(=O)O)c1. The smallest absolute Gasteiger partial charge is 0.295 e. The molecule has 0 spiro atoms. The van der Waals surface area contributed by atoms with Crippen molar-refractivity contribution in [1.82, 2.24) is 0 Å². The molecule has 0 heterocycles. The normalized spacial score (nSPS) is 11.4. The molecule has 1 aromatic rings. The molecular weight excluding hydrogens is 270 g/mol. The van der Waals surface area contributed by atoms with Gasteiger partial charge in [-0.3, -0.25) is 4.55 Å². The number of nitrogens with zero attached hydrogens (tertiary/aromatic N) is 1. The van der Waals surface area contributed by atoms with E-state index in [-0.39, 0.29) is 4.90 Å². The molecule has 4 nitrogen and oxygen atoms in total. The summed E-state index contributed by atoms with van der Waals surface area (Å²) in [4.78, 5) is 1.63. The van der Waals surface area contributed by atoms with Gasteiger partial charge < -0.3 is 4.90 Å². The molecule has 6 heteroatoms. The predicted octanol–water partition coefficient (Wildman–Crippen LogP) is 1.76. The van der Waals surface area contributed by atoms with Crippen LogP contribution in [0.2, 0.25) is 0 Å². The Morgan fingerprint density at radius 3 is 2.36 bits per heavy atom. The van der Waals surface area contributed by atoms with E-state index in [2.05, 4.69) is 15.9 Å². The first-order valence-electron chi connectivity index (χ1n) is 3.77. The van der Waals surface area contributed by atoms with Crippen molar-refractivity contribution in [3.63, 3.8) is 0 Å². The molecule has 78 valence electrons. The zero-order chi connectivity index (χ0) is 10.9. The molecule has 0 saturated carbocycles. The summed E-state index contributed by atoms with van der Waals surface area (Å²) in [5.74, 6) is 0. The Morgan fingerprint density at radius 2 is 1.93 bits per heavy atom. The molecule has 0 aromatic heterocycles. The second-order valence-electron chi connectivity index (χ2n) is 2.98. The second kappa shape index (κ2) is 3.88. The van der Waals surface area contributed by atoms with Gasteiger partial charge in [-0.05, 0) is 34.1 Å². The van der Waals surface area contributed by atoms with Crippen molar-refractivity contribution >= 4 is 31.7 Å². The van der Waals surface area contributed by atoms with Gasteiger partial charge in [-0.1, -0.05) is 0 Å². The van der Waals surface area contributed by atoms with E-state index in [1.165, 1.54) is 6.07 Å². The summed E-state index contributed by atoms with van der Waals surface area (Å²) in [6, 6.07) is 4.73. The van der Waals surface area contributed by atoms with Crippen LogP contribution in [0.25, 0.3) is 0 Å². The first-order valence-corrected chi connectivity index (χ1v) is 6.00. The zero-order valence-corrected chi connectivity index (χ0v) is 10.1. The van der Waals surface area contributed by atoms with Crippen LogP contribution in [0.15, 0.2) is 27.6 Å². The van der Waals surface area contributed by atoms with Gasteiger partial charge in [0, 0.05) is 24.3 Å². The van der Waals surface area contributed by atoms with E-state index in [4.69, 9.17) is 4.55 Å². The molecule has 1 rings (SSSR count). The minimum atomic E-state index is -4.16. The highest BCUT2D eigenvalue weighted by molar-refractivity contribution is 9.10. The fourth-order valence-corrected chi connectivity index (χ4v) is 2.41. The van der Waals surface area contributed by atoms with E-state index in [9.17, 15) is 8.42 Å². The molecule has 1 aromatic carbocycles. The monoisotopic (exact) mass is 279 g/mol. The van der Waals surface area contributed by atoms with Crippen molar-refractivity contribution in [3.8, 4) is 0 Å². The van der Waals surface area contributed by atoms with Crippen LogP contribution in [0.1, 0.15) is 0 Å². The van der Waals surface area contributed by atoms with Crippen molar-refractivity contribution in [2.45, 2.75) is 4.90 Å². The van der Waals surface area contributed by atoms with Crippen molar-refractivity contribution in [3.05, 3.63) is 22.7 Å². The summed E-state index contributed by atoms with van der Waals surface area (Å²) in [7, 11) is -0.586. The highest BCUT2D eigenvalue weighted by atomic mass is 79.9. The van der Waals surface area contributed by atoms with Gasteiger partial charge in [0.1, 0.15) is 4.90 Å². The Kier molecular flexibility index (Phi) is 3.18. The number of rotatable bonds is 2. The topological polar surface area (TPSA) is 57.6 Å². The Hall–Kier alpha value is -0.590. The zero-order valence-electron chi connectivity index (χ0n) is 7.73. The van der Waals surface area contributed by atoms with Gasteiger partial charge in [-0.25, -0.2) is 0 Å². The minimum absolute atomic E-state index is 0.122. The third-order valence-corrected chi connectivity index (χ3v) is 3.56. The van der Waals surface area contributed by atoms with E-state index in [1.54, 1.807) is 31.1 Å². The highest BCUT2D eigenvalue weighted by Gasteiger charge is 2.14. The average molecular weight is 280 g/mol. The fraction of sp³-hybridized carbons (Fsp3) is 0.250. The van der Waals surface area contributed by atoms with Crippen LogP contribution in [0, 0.1) is 0 Å². The Morgan fingerprint density at radius 1 is 1.36 bits per heavy atom. The molecular formula is C8H10BrNO3S. The lowest BCUT2D eigenvalue weighted by Gasteiger charge is -2.13. The summed E-state index contributed by atoms with van der Waals surface area (Å²) >= 11 is 3.06. The second-order valence-corrected chi connectivity index (χ2v) is 5.23. The van der Waals surface area contributed by atoms with Crippen molar-refractivity contribution < 1.29 is 13.0 Å². The Labute approximate surface area is 91.4 Å². The van der Waals surface area contributed by atoms with Crippen LogP contribution in [0.3, 0.4) is 0 Å². The molecule has 0 radical (unpaired) electrons. The molecule has 0 atom stereocenters. The van der Waals surface area contributed by atoms with E-state index in [0.29, 0.717) is 10.2 Å². The molecule has 1 N–H and O–H groups in total. The molecule has 0 aliphatic rings. The largest absolute Gasteiger partial charge is 0.378 e. The quantitative estimate of drug-likeness (QED) is 0.839. The predicted molar refractivity (Wildman–Crippen MR) is 58.3 cm³/mol. The molecule has 0 unspecified atom stereocenters. The molecule has 14 heavy (non-hydrogen) atoms. The highest BCUT2D eigenvalue weighted by Crippen LogP contribution is 2.26. The van der Waals surface area contributed by atoms with E-state index >= 15 is 0 Å². The van der Waals surface area contributed by atoms with Crippen LogP contribution in [-0.2, 0) is 10.1 Å². The fourth-order valence-electron chi connectivity index (χ4n) is 0.968. The van der Waals surface area contributed by atoms with E-state index in [1.807, 2.05) is 0 Å². The number of halogens is 1. The standard InChI is InChI=1S/C8H10BrNO3S/c1-10(2)6-3-4-7(9)8(5-6)14(11,12)13/h3-5H,1-2H3,(H,11,12,13). The summed E-state index contributed by atoms with van der Waals surface area (Å²) in [5, 5.41) is 0. The molecule has 0 fully saturated rings.